The lowest BCUT2D eigenvalue weighted by molar-refractivity contribution is 1.33. The van der Waals surface area contributed by atoms with Crippen molar-refractivity contribution >= 4 is 39.8 Å². The van der Waals surface area contributed by atoms with Gasteiger partial charge in [-0.1, -0.05) is 23.2 Å². The topological polar surface area (TPSA) is 50.9 Å². The average Bonchev–Trinajstić information content (AvgIpc) is 2.17. The van der Waals surface area contributed by atoms with Crippen molar-refractivity contribution < 1.29 is 0 Å². The summed E-state index contributed by atoms with van der Waals surface area (Å²) in [5, 5.41) is 1.88. The van der Waals surface area contributed by atoms with Crippen LogP contribution in [0.3, 0.4) is 0 Å². The highest BCUT2D eigenvalue weighted by atomic mass is 35.5. The van der Waals surface area contributed by atoms with Gasteiger partial charge in [-0.15, -0.1) is 0 Å². The molecule has 14 heavy (non-hydrogen) atoms. The summed E-state index contributed by atoms with van der Waals surface area (Å²) < 4.78 is 0. The van der Waals surface area contributed by atoms with Crippen molar-refractivity contribution in [3.05, 3.63) is 34.4 Å². The first-order valence-corrected chi connectivity index (χ1v) is 4.69. The van der Waals surface area contributed by atoms with E-state index in [4.69, 9.17) is 29.0 Å². The summed E-state index contributed by atoms with van der Waals surface area (Å²) in [6.45, 7) is 0. The average molecular weight is 228 g/mol. The fourth-order valence-electron chi connectivity index (χ4n) is 1.29. The molecular formula is C9H7Cl2N3. The number of nitrogens with one attached hydrogen (secondary N) is 1. The van der Waals surface area contributed by atoms with E-state index in [1.54, 1.807) is 24.3 Å². The molecule has 1 aromatic heterocycles. The molecule has 3 N–H and O–H groups in total. The molecule has 0 aliphatic heterocycles. The van der Waals surface area contributed by atoms with Gasteiger partial charge in [0.05, 0.1) is 11.2 Å². The number of fused-ring (bicyclic) bond motifs is 1. The van der Waals surface area contributed by atoms with Crippen LogP contribution in [0.15, 0.2) is 24.3 Å². The van der Waals surface area contributed by atoms with Crippen molar-refractivity contribution in [2.24, 2.45) is 5.84 Å². The van der Waals surface area contributed by atoms with Gasteiger partial charge in [0.2, 0.25) is 0 Å². The summed E-state index contributed by atoms with van der Waals surface area (Å²) >= 11 is 11.7. The predicted octanol–water partition coefficient (Wildman–Crippen LogP) is 2.83. The molecule has 0 unspecified atom stereocenters. The molecule has 72 valence electrons. The number of pyridine rings is 1. The third-order valence-corrected chi connectivity index (χ3v) is 2.32. The first kappa shape index (κ1) is 9.52. The van der Waals surface area contributed by atoms with Crippen molar-refractivity contribution in [1.29, 1.82) is 0 Å². The maximum atomic E-state index is 5.86. The Morgan fingerprint density at radius 2 is 2.00 bits per heavy atom. The second-order valence-corrected chi connectivity index (χ2v) is 3.62. The Morgan fingerprint density at radius 1 is 1.21 bits per heavy atom. The molecule has 0 fully saturated rings. The third-order valence-electron chi connectivity index (χ3n) is 1.89. The van der Waals surface area contributed by atoms with Crippen LogP contribution in [0.1, 0.15) is 0 Å². The number of nitrogen functional groups attached to an aromatic ring is 1. The van der Waals surface area contributed by atoms with Crippen LogP contribution < -0.4 is 11.3 Å². The fraction of sp³-hybridized carbons (Fsp3) is 0. The first-order valence-electron chi connectivity index (χ1n) is 3.93. The van der Waals surface area contributed by atoms with Crippen molar-refractivity contribution in [1.82, 2.24) is 4.98 Å². The maximum Gasteiger partial charge on any atom is 0.131 e. The number of hydrogen-bond acceptors (Lipinski definition) is 3. The number of halogens is 2. The minimum Gasteiger partial charge on any atom is -0.323 e. The molecule has 1 aromatic carbocycles. The lowest BCUT2D eigenvalue weighted by Crippen LogP contribution is -2.07. The molecule has 0 saturated carbocycles. The zero-order valence-corrected chi connectivity index (χ0v) is 8.60. The van der Waals surface area contributed by atoms with Gasteiger partial charge in [-0.05, 0) is 18.2 Å². The number of hydrogen-bond donors (Lipinski definition) is 2. The molecule has 0 amide bonds. The molecule has 2 aromatic rings. The van der Waals surface area contributed by atoms with Gasteiger partial charge in [0.1, 0.15) is 5.15 Å². The molecule has 0 saturated heterocycles. The van der Waals surface area contributed by atoms with Crippen molar-refractivity contribution in [2.75, 3.05) is 5.43 Å². The number of aromatic nitrogens is 1. The second kappa shape index (κ2) is 3.61. The van der Waals surface area contributed by atoms with E-state index in [0.29, 0.717) is 15.9 Å². The quantitative estimate of drug-likeness (QED) is 0.448. The van der Waals surface area contributed by atoms with E-state index in [0.717, 1.165) is 10.9 Å². The Kier molecular flexibility index (Phi) is 2.46. The summed E-state index contributed by atoms with van der Waals surface area (Å²) in [7, 11) is 0. The largest absolute Gasteiger partial charge is 0.323 e. The molecular weight excluding hydrogens is 221 g/mol. The molecule has 0 aliphatic rings. The van der Waals surface area contributed by atoms with E-state index in [2.05, 4.69) is 10.4 Å². The van der Waals surface area contributed by atoms with E-state index < -0.39 is 0 Å². The van der Waals surface area contributed by atoms with E-state index >= 15 is 0 Å². The van der Waals surface area contributed by atoms with E-state index in [-0.39, 0.29) is 0 Å². The van der Waals surface area contributed by atoms with E-state index in [1.165, 1.54) is 0 Å². The van der Waals surface area contributed by atoms with Crippen LogP contribution >= 0.6 is 23.2 Å². The lowest BCUT2D eigenvalue weighted by atomic mass is 10.2. The van der Waals surface area contributed by atoms with Gasteiger partial charge < -0.3 is 5.43 Å². The van der Waals surface area contributed by atoms with Crippen molar-refractivity contribution in [3.63, 3.8) is 0 Å². The van der Waals surface area contributed by atoms with E-state index in [1.807, 2.05) is 0 Å². The van der Waals surface area contributed by atoms with Crippen LogP contribution in [-0.2, 0) is 0 Å². The predicted molar refractivity (Wildman–Crippen MR) is 59.6 cm³/mol. The van der Waals surface area contributed by atoms with Gasteiger partial charge in [0.15, 0.2) is 0 Å². The molecule has 0 radical (unpaired) electrons. The van der Waals surface area contributed by atoms with Crippen molar-refractivity contribution in [2.45, 2.75) is 0 Å². The highest BCUT2D eigenvalue weighted by Gasteiger charge is 2.03. The Hall–Kier alpha value is -1.03. The summed E-state index contributed by atoms with van der Waals surface area (Å²) in [4.78, 5) is 4.14. The number of benzene rings is 1. The standard InChI is InChI=1S/C9H7Cl2N3/c10-5-1-2-7-6(3-5)8(14-12)4-9(11)13-7/h1-4H,12H2,(H,13,14). The van der Waals surface area contributed by atoms with Crippen LogP contribution in [0, 0.1) is 0 Å². The van der Waals surface area contributed by atoms with E-state index in [9.17, 15) is 0 Å². The Balaban J connectivity index is 2.81. The summed E-state index contributed by atoms with van der Waals surface area (Å²) in [5.74, 6) is 5.36. The molecule has 0 bridgehead atoms. The minimum atomic E-state index is 0.396. The Morgan fingerprint density at radius 3 is 2.71 bits per heavy atom. The van der Waals surface area contributed by atoms with Gasteiger partial charge in [0, 0.05) is 16.5 Å². The SMILES string of the molecule is NNc1cc(Cl)nc2ccc(Cl)cc12. The molecule has 1 heterocycles. The highest BCUT2D eigenvalue weighted by molar-refractivity contribution is 6.32. The van der Waals surface area contributed by atoms with Crippen LogP contribution in [0.2, 0.25) is 10.2 Å². The van der Waals surface area contributed by atoms with Gasteiger partial charge >= 0.3 is 0 Å². The molecule has 0 atom stereocenters. The van der Waals surface area contributed by atoms with Crippen molar-refractivity contribution in [3.8, 4) is 0 Å². The minimum absolute atomic E-state index is 0.396. The van der Waals surface area contributed by atoms with Crippen LogP contribution in [0.4, 0.5) is 5.69 Å². The van der Waals surface area contributed by atoms with Crippen LogP contribution in [0.5, 0.6) is 0 Å². The third kappa shape index (κ3) is 1.62. The molecule has 2 rings (SSSR count). The normalized spacial score (nSPS) is 10.5. The number of anilines is 1. The molecule has 0 aliphatic carbocycles. The Bertz CT molecular complexity index is 485. The smallest absolute Gasteiger partial charge is 0.131 e. The van der Waals surface area contributed by atoms with Gasteiger partial charge in [-0.3, -0.25) is 5.84 Å². The van der Waals surface area contributed by atoms with Gasteiger partial charge in [-0.2, -0.15) is 0 Å². The van der Waals surface area contributed by atoms with Crippen LogP contribution in [-0.4, -0.2) is 4.98 Å². The second-order valence-electron chi connectivity index (χ2n) is 2.80. The monoisotopic (exact) mass is 227 g/mol. The molecule has 5 heteroatoms. The highest BCUT2D eigenvalue weighted by Crippen LogP contribution is 2.26. The van der Waals surface area contributed by atoms with Crippen LogP contribution in [0.25, 0.3) is 10.9 Å². The zero-order chi connectivity index (χ0) is 10.1. The zero-order valence-electron chi connectivity index (χ0n) is 7.09. The number of rotatable bonds is 1. The number of nitrogens with zero attached hydrogens (tertiary/aromatic N) is 1. The fourth-order valence-corrected chi connectivity index (χ4v) is 1.66. The summed E-state index contributed by atoms with van der Waals surface area (Å²) in [6.07, 6.45) is 0. The van der Waals surface area contributed by atoms with Gasteiger partial charge in [0.25, 0.3) is 0 Å². The first-order chi connectivity index (χ1) is 6.70. The Labute approximate surface area is 90.8 Å². The summed E-state index contributed by atoms with van der Waals surface area (Å²) in [5.41, 5.74) is 4.02. The number of nitrogens with two attached hydrogens (primary N) is 1. The van der Waals surface area contributed by atoms with Gasteiger partial charge in [-0.25, -0.2) is 4.98 Å². The molecule has 3 nitrogen and oxygen atoms in total. The lowest BCUT2D eigenvalue weighted by Gasteiger charge is -2.05. The number of hydrazine groups is 1. The summed E-state index contributed by atoms with van der Waals surface area (Å²) in [6, 6.07) is 6.99. The molecule has 0 spiro atoms. The maximum absolute atomic E-state index is 5.86.